The van der Waals surface area contributed by atoms with E-state index in [4.69, 9.17) is 23.7 Å². The van der Waals surface area contributed by atoms with E-state index < -0.39 is 29.8 Å². The average Bonchev–Trinajstić information content (AvgIpc) is 3.33. The third-order valence-electron chi connectivity index (χ3n) is 6.39. The Morgan fingerprint density at radius 2 is 1.28 bits per heavy atom. The number of hydrogen-bond acceptors (Lipinski definition) is 11. The van der Waals surface area contributed by atoms with Crippen molar-refractivity contribution < 1.29 is 52.5 Å². The zero-order valence-corrected chi connectivity index (χ0v) is 26.7. The molecule has 0 bridgehead atoms. The molecule has 0 fully saturated rings. The number of ether oxygens (including phenoxy) is 5. The topological polar surface area (TPSA) is 188 Å². The Morgan fingerprint density at radius 3 is 1.83 bits per heavy atom. The smallest absolute Gasteiger partial charge is 0.302 e. The third kappa shape index (κ3) is 14.7. The van der Waals surface area contributed by atoms with Gasteiger partial charge in [-0.25, -0.2) is 0 Å². The number of carbonyl (C=O) groups is 6. The fraction of sp³-hybridized carbons (Fsp3) is 0.548. The van der Waals surface area contributed by atoms with E-state index in [1.807, 2.05) is 0 Å². The van der Waals surface area contributed by atoms with Crippen molar-refractivity contribution in [3.05, 3.63) is 42.0 Å². The van der Waals surface area contributed by atoms with Crippen LogP contribution in [0.25, 0.3) is 0 Å². The van der Waals surface area contributed by atoms with Crippen molar-refractivity contribution >= 4 is 41.2 Å². The molecule has 2 atom stereocenters. The molecule has 1 aromatic carbocycles. The van der Waals surface area contributed by atoms with Gasteiger partial charge in [0.2, 0.25) is 17.7 Å². The summed E-state index contributed by atoms with van der Waals surface area (Å²) in [6.45, 7) is 8.30. The number of nitrogens with one attached hydrogen (secondary N) is 3. The minimum Gasteiger partial charge on any atom is -0.461 e. The van der Waals surface area contributed by atoms with Crippen LogP contribution < -0.4 is 16.0 Å². The van der Waals surface area contributed by atoms with Crippen molar-refractivity contribution in [2.24, 2.45) is 5.92 Å². The molecule has 0 spiro atoms. The van der Waals surface area contributed by atoms with Crippen LogP contribution in [0.2, 0.25) is 0 Å². The number of hydrogen-bond donors (Lipinski definition) is 3. The van der Waals surface area contributed by atoms with E-state index in [1.165, 1.54) is 26.0 Å². The van der Waals surface area contributed by atoms with Crippen LogP contribution in [0.1, 0.15) is 33.3 Å². The summed E-state index contributed by atoms with van der Waals surface area (Å²) < 4.78 is 26.4. The fourth-order valence-electron chi connectivity index (χ4n) is 3.87. The van der Waals surface area contributed by atoms with Gasteiger partial charge in [-0.1, -0.05) is 26.0 Å². The van der Waals surface area contributed by atoms with Gasteiger partial charge in [-0.15, -0.1) is 0 Å². The number of esters is 1. The van der Waals surface area contributed by atoms with Crippen LogP contribution in [-0.4, -0.2) is 112 Å². The van der Waals surface area contributed by atoms with Gasteiger partial charge in [0.15, 0.2) is 0 Å². The number of carbonyl (C=O) groups excluding carboxylic acids is 6. The maximum atomic E-state index is 12.9. The summed E-state index contributed by atoms with van der Waals surface area (Å²) in [5.41, 5.74) is 1.27. The van der Waals surface area contributed by atoms with E-state index >= 15 is 0 Å². The Labute approximate surface area is 268 Å². The van der Waals surface area contributed by atoms with Gasteiger partial charge in [0.05, 0.1) is 52.8 Å². The molecule has 0 aromatic heterocycles. The molecule has 0 saturated heterocycles. The first-order valence-corrected chi connectivity index (χ1v) is 14.9. The standard InChI is InChI=1S/C31H44N4O11/c1-21(2)29(31(41)32-22(3)30(40)33-25-7-5-24(6-8-25)19-46-23(4)36)34-26(37)20-45-18-17-44-16-15-43-14-13-42-12-11-35-27(38)9-10-28(35)39/h5-10,21-22,29H,11-20H2,1-4H3,(H,32,41)(H,33,40)(H,34,37)/t22-,29-/m0/s1. The van der Waals surface area contributed by atoms with Crippen molar-refractivity contribution in [3.8, 4) is 0 Å². The van der Waals surface area contributed by atoms with Gasteiger partial charge in [0.25, 0.3) is 11.8 Å². The summed E-state index contributed by atoms with van der Waals surface area (Å²) in [6.07, 6.45) is 2.45. The highest BCUT2D eigenvalue weighted by atomic mass is 16.6. The average molecular weight is 649 g/mol. The predicted octanol–water partition coefficient (Wildman–Crippen LogP) is 0.325. The normalized spacial score (nSPS) is 13.9. The van der Waals surface area contributed by atoms with Gasteiger partial charge >= 0.3 is 5.97 Å². The van der Waals surface area contributed by atoms with Crippen molar-refractivity contribution in [3.63, 3.8) is 0 Å². The summed E-state index contributed by atoms with van der Waals surface area (Å²) >= 11 is 0. The maximum absolute atomic E-state index is 12.9. The number of benzene rings is 1. The van der Waals surface area contributed by atoms with Crippen molar-refractivity contribution in [2.75, 3.05) is 64.7 Å². The summed E-state index contributed by atoms with van der Waals surface area (Å²) in [4.78, 5) is 72.8. The molecule has 1 heterocycles. The Balaban J connectivity index is 1.54. The molecule has 254 valence electrons. The fourth-order valence-corrected chi connectivity index (χ4v) is 3.87. The van der Waals surface area contributed by atoms with Gasteiger partial charge in [0.1, 0.15) is 25.3 Å². The lowest BCUT2D eigenvalue weighted by atomic mass is 10.0. The largest absolute Gasteiger partial charge is 0.461 e. The van der Waals surface area contributed by atoms with Crippen molar-refractivity contribution in [1.29, 1.82) is 0 Å². The Hall–Kier alpha value is -4.18. The molecule has 0 radical (unpaired) electrons. The molecule has 1 aliphatic rings. The van der Waals surface area contributed by atoms with E-state index in [0.29, 0.717) is 32.1 Å². The number of amides is 5. The number of imide groups is 1. The SMILES string of the molecule is CC(=O)OCc1ccc(NC(=O)[C@H](C)NC(=O)[C@@H](NC(=O)COCCOCCOCCOCCN2C(=O)C=CC2=O)C(C)C)cc1. The van der Waals surface area contributed by atoms with Crippen LogP contribution in [0.5, 0.6) is 0 Å². The molecule has 15 heteroatoms. The van der Waals surface area contributed by atoms with Gasteiger partial charge in [-0.3, -0.25) is 33.7 Å². The molecule has 0 aliphatic carbocycles. The molecule has 0 unspecified atom stereocenters. The first-order chi connectivity index (χ1) is 22.0. The molecule has 1 aromatic rings. The van der Waals surface area contributed by atoms with E-state index in [1.54, 1.807) is 38.1 Å². The van der Waals surface area contributed by atoms with Gasteiger partial charge < -0.3 is 39.6 Å². The van der Waals surface area contributed by atoms with Crippen LogP contribution >= 0.6 is 0 Å². The molecule has 15 nitrogen and oxygen atoms in total. The van der Waals surface area contributed by atoms with Crippen LogP contribution in [0, 0.1) is 5.92 Å². The second kappa shape index (κ2) is 20.8. The highest BCUT2D eigenvalue weighted by molar-refractivity contribution is 6.12. The van der Waals surface area contributed by atoms with Gasteiger partial charge in [0, 0.05) is 24.8 Å². The van der Waals surface area contributed by atoms with Crippen LogP contribution in [0.15, 0.2) is 36.4 Å². The quantitative estimate of drug-likeness (QED) is 0.0893. The highest BCUT2D eigenvalue weighted by Gasteiger charge is 2.27. The first-order valence-electron chi connectivity index (χ1n) is 14.9. The second-order valence-corrected chi connectivity index (χ2v) is 10.5. The lowest BCUT2D eigenvalue weighted by Gasteiger charge is -2.24. The number of anilines is 1. The molecule has 3 N–H and O–H groups in total. The molecule has 0 saturated carbocycles. The third-order valence-corrected chi connectivity index (χ3v) is 6.39. The molecule has 2 rings (SSSR count). The number of rotatable bonds is 22. The van der Waals surface area contributed by atoms with E-state index in [-0.39, 0.29) is 63.3 Å². The predicted molar refractivity (Wildman–Crippen MR) is 164 cm³/mol. The monoisotopic (exact) mass is 648 g/mol. The maximum Gasteiger partial charge on any atom is 0.302 e. The number of nitrogens with zero attached hydrogens (tertiary/aromatic N) is 1. The Bertz CT molecular complexity index is 1190. The zero-order valence-electron chi connectivity index (χ0n) is 26.7. The summed E-state index contributed by atoms with van der Waals surface area (Å²) in [6, 6.07) is 4.97. The minimum atomic E-state index is -0.883. The summed E-state index contributed by atoms with van der Waals surface area (Å²) in [7, 11) is 0. The summed E-state index contributed by atoms with van der Waals surface area (Å²) in [5.74, 6) is -2.78. The van der Waals surface area contributed by atoms with E-state index in [2.05, 4.69) is 16.0 Å². The van der Waals surface area contributed by atoms with Crippen LogP contribution in [0.4, 0.5) is 5.69 Å². The van der Waals surface area contributed by atoms with Gasteiger partial charge in [-0.2, -0.15) is 0 Å². The second-order valence-electron chi connectivity index (χ2n) is 10.5. The molecule has 46 heavy (non-hydrogen) atoms. The van der Waals surface area contributed by atoms with Crippen molar-refractivity contribution in [2.45, 2.75) is 46.4 Å². The minimum absolute atomic E-state index is 0.127. The van der Waals surface area contributed by atoms with E-state index in [9.17, 15) is 28.8 Å². The van der Waals surface area contributed by atoms with Crippen LogP contribution in [0.3, 0.4) is 0 Å². The lowest BCUT2D eigenvalue weighted by molar-refractivity contribution is -0.142. The lowest BCUT2D eigenvalue weighted by Crippen LogP contribution is -2.54. The molecule has 1 aliphatic heterocycles. The molecule has 5 amide bonds. The highest BCUT2D eigenvalue weighted by Crippen LogP contribution is 2.11. The zero-order chi connectivity index (χ0) is 33.9. The van der Waals surface area contributed by atoms with Gasteiger partial charge in [-0.05, 0) is 30.5 Å². The molecular formula is C31H44N4O11. The van der Waals surface area contributed by atoms with E-state index in [0.717, 1.165) is 10.5 Å². The van der Waals surface area contributed by atoms with Crippen molar-refractivity contribution in [1.82, 2.24) is 15.5 Å². The van der Waals surface area contributed by atoms with Crippen LogP contribution in [-0.2, 0) is 59.1 Å². The Morgan fingerprint density at radius 1 is 0.739 bits per heavy atom. The summed E-state index contributed by atoms with van der Waals surface area (Å²) in [5, 5.41) is 7.98. The molecular weight excluding hydrogens is 604 g/mol. The first kappa shape index (κ1) is 38.0. The Kier molecular flexibility index (Phi) is 17.2.